The highest BCUT2D eigenvalue weighted by molar-refractivity contribution is 5.89. The Morgan fingerprint density at radius 1 is 1.06 bits per heavy atom. The summed E-state index contributed by atoms with van der Waals surface area (Å²) in [5.74, 6) is 0. The fourth-order valence-corrected chi connectivity index (χ4v) is 2.87. The number of anilines is 1. The maximum atomic E-state index is 12.3. The SMILES string of the molecule is O=C(Nc1ccccc1)N1CCN2CCC1CC2. The zero-order valence-corrected chi connectivity index (χ0v) is 10.5. The highest BCUT2D eigenvalue weighted by atomic mass is 16.2. The van der Waals surface area contributed by atoms with Crippen molar-refractivity contribution < 1.29 is 4.79 Å². The quantitative estimate of drug-likeness (QED) is 0.821. The molecule has 2 amide bonds. The van der Waals surface area contributed by atoms with Gasteiger partial charge in [0, 0.05) is 37.9 Å². The van der Waals surface area contributed by atoms with Gasteiger partial charge >= 0.3 is 6.03 Å². The summed E-state index contributed by atoms with van der Waals surface area (Å²) in [5, 5.41) is 2.99. The van der Waals surface area contributed by atoms with Crippen LogP contribution in [0.3, 0.4) is 0 Å². The summed E-state index contributed by atoms with van der Waals surface area (Å²) in [6, 6.07) is 10.2. The number of piperidine rings is 1. The minimum atomic E-state index is 0.0509. The molecule has 0 aromatic heterocycles. The van der Waals surface area contributed by atoms with Gasteiger partial charge in [-0.1, -0.05) is 18.2 Å². The van der Waals surface area contributed by atoms with E-state index >= 15 is 0 Å². The van der Waals surface area contributed by atoms with Crippen LogP contribution in [0.1, 0.15) is 12.8 Å². The molecule has 4 nitrogen and oxygen atoms in total. The molecule has 1 aromatic rings. The third kappa shape index (κ3) is 2.34. The van der Waals surface area contributed by atoms with Gasteiger partial charge in [-0.2, -0.15) is 0 Å². The van der Waals surface area contributed by atoms with Crippen LogP contribution in [0.4, 0.5) is 10.5 Å². The molecule has 3 heterocycles. The van der Waals surface area contributed by atoms with Gasteiger partial charge in [0.2, 0.25) is 0 Å². The van der Waals surface area contributed by atoms with Gasteiger partial charge in [-0.3, -0.25) is 0 Å². The maximum Gasteiger partial charge on any atom is 0.322 e. The van der Waals surface area contributed by atoms with E-state index in [1.165, 1.54) is 0 Å². The summed E-state index contributed by atoms with van der Waals surface area (Å²) >= 11 is 0. The molecular formula is C14H19N3O. The maximum absolute atomic E-state index is 12.3. The molecule has 2 bridgehead atoms. The predicted octanol–water partition coefficient (Wildman–Crippen LogP) is 2.00. The molecular weight excluding hydrogens is 226 g/mol. The molecule has 4 heteroatoms. The number of urea groups is 1. The van der Waals surface area contributed by atoms with E-state index in [9.17, 15) is 4.79 Å². The third-order valence-corrected chi connectivity index (χ3v) is 3.94. The summed E-state index contributed by atoms with van der Waals surface area (Å²) in [6.07, 6.45) is 2.23. The number of para-hydroxylation sites is 1. The second-order valence-electron chi connectivity index (χ2n) is 5.06. The molecule has 4 rings (SSSR count). The number of hydrogen-bond acceptors (Lipinski definition) is 2. The van der Waals surface area contributed by atoms with Gasteiger partial charge < -0.3 is 15.1 Å². The van der Waals surface area contributed by atoms with Crippen molar-refractivity contribution >= 4 is 11.7 Å². The lowest BCUT2D eigenvalue weighted by atomic mass is 10.1. The first-order chi connectivity index (χ1) is 8.83. The standard InChI is InChI=1S/C14H19N3O/c18-14(15-12-4-2-1-3-5-12)17-11-10-16-8-6-13(17)7-9-16/h1-5,13H,6-11H2,(H,15,18). The number of nitrogens with zero attached hydrogens (tertiary/aromatic N) is 2. The fourth-order valence-electron chi connectivity index (χ4n) is 2.87. The molecule has 3 aliphatic heterocycles. The number of hydrogen-bond donors (Lipinski definition) is 1. The zero-order chi connectivity index (χ0) is 12.4. The van der Waals surface area contributed by atoms with Gasteiger partial charge in [0.25, 0.3) is 0 Å². The van der Waals surface area contributed by atoms with Crippen molar-refractivity contribution in [3.05, 3.63) is 30.3 Å². The van der Waals surface area contributed by atoms with Gasteiger partial charge in [-0.25, -0.2) is 4.79 Å². The molecule has 1 N–H and O–H groups in total. The van der Waals surface area contributed by atoms with Crippen LogP contribution in [0.15, 0.2) is 30.3 Å². The van der Waals surface area contributed by atoms with Crippen LogP contribution >= 0.6 is 0 Å². The molecule has 0 radical (unpaired) electrons. The van der Waals surface area contributed by atoms with Crippen LogP contribution in [0.5, 0.6) is 0 Å². The first kappa shape index (κ1) is 11.5. The number of amides is 2. The van der Waals surface area contributed by atoms with Crippen molar-refractivity contribution in [2.24, 2.45) is 0 Å². The van der Waals surface area contributed by atoms with Gasteiger partial charge in [0.05, 0.1) is 0 Å². The van der Waals surface area contributed by atoms with E-state index in [2.05, 4.69) is 10.2 Å². The second kappa shape index (κ2) is 4.98. The highest BCUT2D eigenvalue weighted by Gasteiger charge is 2.31. The monoisotopic (exact) mass is 245 g/mol. The Morgan fingerprint density at radius 2 is 1.78 bits per heavy atom. The van der Waals surface area contributed by atoms with E-state index in [1.807, 2.05) is 35.2 Å². The summed E-state index contributed by atoms with van der Waals surface area (Å²) in [6.45, 7) is 4.14. The number of benzene rings is 1. The van der Waals surface area contributed by atoms with Crippen LogP contribution in [0, 0.1) is 0 Å². The Hall–Kier alpha value is -1.55. The molecule has 3 fully saturated rings. The average molecular weight is 245 g/mol. The molecule has 1 aromatic carbocycles. The van der Waals surface area contributed by atoms with E-state index in [-0.39, 0.29) is 6.03 Å². The minimum absolute atomic E-state index is 0.0509. The number of rotatable bonds is 1. The van der Waals surface area contributed by atoms with Gasteiger partial charge in [0.15, 0.2) is 0 Å². The summed E-state index contributed by atoms with van der Waals surface area (Å²) in [7, 11) is 0. The third-order valence-electron chi connectivity index (χ3n) is 3.94. The molecule has 0 saturated carbocycles. The van der Waals surface area contributed by atoms with E-state index in [1.54, 1.807) is 0 Å². The fraction of sp³-hybridized carbons (Fsp3) is 0.500. The lowest BCUT2D eigenvalue weighted by molar-refractivity contribution is 0.182. The van der Waals surface area contributed by atoms with E-state index in [4.69, 9.17) is 0 Å². The predicted molar refractivity (Wildman–Crippen MR) is 71.6 cm³/mol. The van der Waals surface area contributed by atoms with Crippen molar-refractivity contribution in [3.63, 3.8) is 0 Å². The lowest BCUT2D eigenvalue weighted by Gasteiger charge is -2.31. The number of carbonyl (C=O) groups is 1. The van der Waals surface area contributed by atoms with E-state index < -0.39 is 0 Å². The molecule has 3 aliphatic rings. The van der Waals surface area contributed by atoms with Crippen LogP contribution in [0.2, 0.25) is 0 Å². The second-order valence-corrected chi connectivity index (χ2v) is 5.06. The van der Waals surface area contributed by atoms with Crippen molar-refractivity contribution in [2.45, 2.75) is 18.9 Å². The summed E-state index contributed by atoms with van der Waals surface area (Å²) < 4.78 is 0. The number of nitrogens with one attached hydrogen (secondary N) is 1. The highest BCUT2D eigenvalue weighted by Crippen LogP contribution is 2.21. The summed E-state index contributed by atoms with van der Waals surface area (Å²) in [4.78, 5) is 16.8. The summed E-state index contributed by atoms with van der Waals surface area (Å²) in [5.41, 5.74) is 0.876. The van der Waals surface area contributed by atoms with Gasteiger partial charge in [-0.05, 0) is 25.0 Å². The first-order valence-corrected chi connectivity index (χ1v) is 6.68. The van der Waals surface area contributed by atoms with E-state index in [0.717, 1.165) is 44.7 Å². The molecule has 0 aliphatic carbocycles. The molecule has 18 heavy (non-hydrogen) atoms. The van der Waals surface area contributed by atoms with Crippen molar-refractivity contribution in [3.8, 4) is 0 Å². The Kier molecular flexibility index (Phi) is 3.19. The molecule has 0 atom stereocenters. The van der Waals surface area contributed by atoms with Crippen molar-refractivity contribution in [1.29, 1.82) is 0 Å². The Bertz CT molecular complexity index is 412. The molecule has 0 spiro atoms. The van der Waals surface area contributed by atoms with Crippen LogP contribution in [-0.4, -0.2) is 48.1 Å². The number of fused-ring (bicyclic) bond motifs is 4. The topological polar surface area (TPSA) is 35.6 Å². The van der Waals surface area contributed by atoms with Gasteiger partial charge in [0.1, 0.15) is 0 Å². The minimum Gasteiger partial charge on any atom is -0.320 e. The number of carbonyl (C=O) groups excluding carboxylic acids is 1. The molecule has 0 unspecified atom stereocenters. The lowest BCUT2D eigenvalue weighted by Crippen LogP contribution is -2.43. The Labute approximate surface area is 108 Å². The van der Waals surface area contributed by atoms with E-state index in [0.29, 0.717) is 6.04 Å². The largest absolute Gasteiger partial charge is 0.322 e. The smallest absolute Gasteiger partial charge is 0.320 e. The van der Waals surface area contributed by atoms with Crippen molar-refractivity contribution in [2.75, 3.05) is 31.5 Å². The van der Waals surface area contributed by atoms with Crippen LogP contribution in [0.25, 0.3) is 0 Å². The van der Waals surface area contributed by atoms with Gasteiger partial charge in [-0.15, -0.1) is 0 Å². The molecule has 96 valence electrons. The normalized spacial score (nSPS) is 26.8. The van der Waals surface area contributed by atoms with Crippen LogP contribution in [-0.2, 0) is 0 Å². The Morgan fingerprint density at radius 3 is 2.50 bits per heavy atom. The molecule has 3 saturated heterocycles. The average Bonchev–Trinajstić information content (AvgIpc) is 2.73. The van der Waals surface area contributed by atoms with Crippen LogP contribution < -0.4 is 5.32 Å². The Balaban J connectivity index is 1.68. The zero-order valence-electron chi connectivity index (χ0n) is 10.5. The first-order valence-electron chi connectivity index (χ1n) is 6.68. The van der Waals surface area contributed by atoms with Crippen molar-refractivity contribution in [1.82, 2.24) is 9.80 Å².